The van der Waals surface area contributed by atoms with Crippen molar-refractivity contribution in [2.45, 2.75) is 111 Å². The lowest BCUT2D eigenvalue weighted by Gasteiger charge is -2.58. The van der Waals surface area contributed by atoms with Crippen molar-refractivity contribution in [2.24, 2.45) is 46.3 Å². The number of ether oxygens (including phenoxy) is 3. The molecule has 7 heteroatoms. The van der Waals surface area contributed by atoms with Crippen LogP contribution in [0.15, 0.2) is 84.5 Å². The lowest BCUT2D eigenvalue weighted by Crippen LogP contribution is -2.51. The van der Waals surface area contributed by atoms with Crippen LogP contribution in [0.4, 0.5) is 11.4 Å². The highest BCUT2D eigenvalue weighted by Gasteiger charge is 2.59. The second-order valence-electron chi connectivity index (χ2n) is 18.9. The first-order valence-electron chi connectivity index (χ1n) is 22.1. The smallest absolute Gasteiger partial charge is 0.338 e. The zero-order valence-corrected chi connectivity index (χ0v) is 35.5. The van der Waals surface area contributed by atoms with Crippen LogP contribution in [0, 0.1) is 46.3 Å². The molecular weight excluding hydrogens is 721 g/mol. The molecule has 3 saturated carbocycles. The fraction of sp³-hybridized carbons (Fsp3) is 0.529. The second-order valence-corrected chi connectivity index (χ2v) is 18.9. The number of benzene rings is 3. The Morgan fingerprint density at radius 1 is 0.810 bits per heavy atom. The molecule has 0 spiro atoms. The first-order valence-corrected chi connectivity index (χ1v) is 22.1. The summed E-state index contributed by atoms with van der Waals surface area (Å²) >= 11 is 0. The minimum Gasteiger partial charge on any atom is -0.490 e. The van der Waals surface area contributed by atoms with Crippen LogP contribution < -0.4 is 20.9 Å². The largest absolute Gasteiger partial charge is 0.490 e. The van der Waals surface area contributed by atoms with E-state index < -0.39 is 5.97 Å². The minimum absolute atomic E-state index is 0.0660. The van der Waals surface area contributed by atoms with Crippen LogP contribution >= 0.6 is 0 Å². The van der Waals surface area contributed by atoms with Crippen molar-refractivity contribution >= 4 is 29.2 Å². The molecular formula is C51H66N2O5. The Bertz CT molecular complexity index is 1950. The number of fused-ring (bicyclic) bond motifs is 5. The quantitative estimate of drug-likeness (QED) is 0.0394. The lowest BCUT2D eigenvalue weighted by atomic mass is 9.47. The third-order valence-electron chi connectivity index (χ3n) is 14.8. The molecule has 0 aliphatic heterocycles. The van der Waals surface area contributed by atoms with E-state index in [4.69, 9.17) is 25.7 Å². The molecule has 0 aromatic heterocycles. The van der Waals surface area contributed by atoms with Gasteiger partial charge in [-0.1, -0.05) is 83.7 Å². The average molecular weight is 787 g/mol. The summed E-state index contributed by atoms with van der Waals surface area (Å²) in [6, 6.07) is 19.6. The Hall–Kier alpha value is -4.52. The summed E-state index contributed by atoms with van der Waals surface area (Å²) in [5.41, 5.74) is 16.6. The molecule has 4 N–H and O–H groups in total. The Morgan fingerprint density at radius 2 is 1.53 bits per heavy atom. The van der Waals surface area contributed by atoms with Crippen molar-refractivity contribution in [3.8, 4) is 11.5 Å². The molecule has 0 amide bonds. The Balaban J connectivity index is 0.866. The molecule has 4 aliphatic carbocycles. The second kappa shape index (κ2) is 17.8. The molecule has 0 radical (unpaired) electrons. The van der Waals surface area contributed by atoms with Crippen molar-refractivity contribution in [3.05, 3.63) is 101 Å². The average Bonchev–Trinajstić information content (AvgIpc) is 3.56. The topological polar surface area (TPSA) is 114 Å². The summed E-state index contributed by atoms with van der Waals surface area (Å²) in [6.07, 6.45) is 20.6. The van der Waals surface area contributed by atoms with E-state index in [9.17, 15) is 9.59 Å². The Kier molecular flexibility index (Phi) is 12.8. The van der Waals surface area contributed by atoms with E-state index in [2.05, 4.69) is 40.7 Å². The summed E-state index contributed by atoms with van der Waals surface area (Å²) in [7, 11) is 0. The number of hydrogen-bond acceptors (Lipinski definition) is 7. The molecule has 0 saturated heterocycles. The predicted molar refractivity (Wildman–Crippen MR) is 235 cm³/mol. The Morgan fingerprint density at radius 3 is 2.26 bits per heavy atom. The zero-order valence-electron chi connectivity index (χ0n) is 35.5. The molecule has 0 bridgehead atoms. The fourth-order valence-electron chi connectivity index (χ4n) is 11.8. The molecule has 310 valence electrons. The zero-order chi connectivity index (χ0) is 41.0. The highest BCUT2D eigenvalue weighted by molar-refractivity contribution is 6.06. The molecule has 3 aromatic rings. The van der Waals surface area contributed by atoms with Crippen LogP contribution in [-0.2, 0) is 4.74 Å². The number of carbonyl (C=O) groups excluding carboxylic acids is 2. The van der Waals surface area contributed by atoms with Gasteiger partial charge in [-0.2, -0.15) is 0 Å². The van der Waals surface area contributed by atoms with Crippen molar-refractivity contribution in [2.75, 3.05) is 24.7 Å². The van der Waals surface area contributed by atoms with Gasteiger partial charge in [0.2, 0.25) is 0 Å². The van der Waals surface area contributed by atoms with Gasteiger partial charge in [-0.15, -0.1) is 0 Å². The molecule has 7 nitrogen and oxygen atoms in total. The summed E-state index contributed by atoms with van der Waals surface area (Å²) in [4.78, 5) is 25.3. The van der Waals surface area contributed by atoms with E-state index in [0.29, 0.717) is 39.1 Å². The third kappa shape index (κ3) is 9.19. The molecule has 4 aliphatic rings. The van der Waals surface area contributed by atoms with Gasteiger partial charge in [0, 0.05) is 23.4 Å². The maximum Gasteiger partial charge on any atom is 0.338 e. The summed E-state index contributed by atoms with van der Waals surface area (Å²) < 4.78 is 17.6. The number of rotatable bonds is 15. The van der Waals surface area contributed by atoms with E-state index in [1.165, 1.54) is 69.9 Å². The van der Waals surface area contributed by atoms with Gasteiger partial charge in [0.15, 0.2) is 5.78 Å². The van der Waals surface area contributed by atoms with Gasteiger partial charge in [-0.25, -0.2) is 4.79 Å². The number of nitrogen functional groups attached to an aromatic ring is 2. The third-order valence-corrected chi connectivity index (χ3v) is 14.8. The summed E-state index contributed by atoms with van der Waals surface area (Å²) in [5.74, 6) is 5.96. The van der Waals surface area contributed by atoms with Gasteiger partial charge in [-0.05, 0) is 158 Å². The number of nitrogens with two attached hydrogens (primary N) is 2. The van der Waals surface area contributed by atoms with Gasteiger partial charge in [0.1, 0.15) is 30.8 Å². The van der Waals surface area contributed by atoms with Crippen LogP contribution in [0.5, 0.6) is 11.5 Å². The maximum atomic E-state index is 13.1. The predicted octanol–water partition coefficient (Wildman–Crippen LogP) is 11.8. The van der Waals surface area contributed by atoms with Crippen molar-refractivity contribution < 1.29 is 23.8 Å². The van der Waals surface area contributed by atoms with Crippen molar-refractivity contribution in [1.82, 2.24) is 0 Å². The van der Waals surface area contributed by atoms with E-state index in [1.54, 1.807) is 23.8 Å². The van der Waals surface area contributed by atoms with Gasteiger partial charge in [0.05, 0.1) is 5.56 Å². The van der Waals surface area contributed by atoms with Crippen molar-refractivity contribution in [3.63, 3.8) is 0 Å². The molecule has 3 fully saturated rings. The van der Waals surface area contributed by atoms with Gasteiger partial charge in [-0.3, -0.25) is 4.79 Å². The van der Waals surface area contributed by atoms with E-state index in [0.717, 1.165) is 59.7 Å². The first kappa shape index (κ1) is 41.6. The van der Waals surface area contributed by atoms with Gasteiger partial charge in [0.25, 0.3) is 0 Å². The minimum atomic E-state index is -0.512. The number of carbonyl (C=O) groups is 2. The fourth-order valence-corrected chi connectivity index (χ4v) is 11.8. The number of allylic oxidation sites excluding steroid dienone is 2. The van der Waals surface area contributed by atoms with Crippen LogP contribution in [0.2, 0.25) is 0 Å². The van der Waals surface area contributed by atoms with E-state index in [-0.39, 0.29) is 25.1 Å². The lowest BCUT2D eigenvalue weighted by molar-refractivity contribution is -0.0559. The molecule has 4 unspecified atom stereocenters. The van der Waals surface area contributed by atoms with E-state index >= 15 is 0 Å². The summed E-state index contributed by atoms with van der Waals surface area (Å²) in [5, 5.41) is 0. The van der Waals surface area contributed by atoms with Crippen LogP contribution in [0.1, 0.15) is 132 Å². The number of hydrogen-bond donors (Lipinski definition) is 2. The number of ketones is 1. The van der Waals surface area contributed by atoms with E-state index in [1.807, 2.05) is 48.5 Å². The molecule has 3 aromatic carbocycles. The normalized spacial score (nSPS) is 28.2. The molecule has 58 heavy (non-hydrogen) atoms. The number of anilines is 2. The van der Waals surface area contributed by atoms with Crippen molar-refractivity contribution in [1.29, 1.82) is 0 Å². The Labute approximate surface area is 347 Å². The monoisotopic (exact) mass is 786 g/mol. The molecule has 8 atom stereocenters. The maximum absolute atomic E-state index is 13.1. The first-order chi connectivity index (χ1) is 27.8. The highest BCUT2D eigenvalue weighted by Crippen LogP contribution is 2.67. The van der Waals surface area contributed by atoms with Crippen LogP contribution in [-0.4, -0.2) is 31.1 Å². The summed E-state index contributed by atoms with van der Waals surface area (Å²) in [6.45, 7) is 12.8. The number of esters is 1. The van der Waals surface area contributed by atoms with Crippen LogP contribution in [0.3, 0.4) is 0 Å². The SMILES string of the molecule is CC(C)CCC[C@@H](C)[C@H]1CCC2C3CC=C4CC(Oc5ccc(C(=O)C=Cc6ccc(OCCOC(=O)c7cc(N)cc(N)c7)cc6)cc5)CC[C@]4(C)C3CC[C@@]21C. The molecule has 7 rings (SSSR count). The standard InChI is InChI=1S/C51H66N2O5/c1-33(2)7-6-8-34(3)45-20-21-46-44-19-14-38-31-43(23-25-50(38,4)47(44)24-26-51(45,46)5)58-42-17-12-36(13-18-42)48(54)22-11-35-9-15-41(16-10-35)56-27-28-57-49(55)37-29-39(52)32-40(53)30-37/h9-18,22,29-30,32-34,43-47H,6-8,19-21,23-28,31,52-53H2,1-5H3/t34-,43?,44?,45-,46?,47?,50+,51-/m1/s1. The highest BCUT2D eigenvalue weighted by atomic mass is 16.6. The molecule has 0 heterocycles. The van der Waals surface area contributed by atoms with Gasteiger partial charge >= 0.3 is 5.97 Å². The van der Waals surface area contributed by atoms with Gasteiger partial charge < -0.3 is 25.7 Å². The van der Waals surface area contributed by atoms with Crippen LogP contribution in [0.25, 0.3) is 6.08 Å².